The van der Waals surface area contributed by atoms with Gasteiger partial charge in [-0.15, -0.1) is 0 Å². The number of aryl methyl sites for hydroxylation is 1. The summed E-state index contributed by atoms with van der Waals surface area (Å²) in [6, 6.07) is 11.9. The van der Waals surface area contributed by atoms with Crippen molar-refractivity contribution in [2.24, 2.45) is 23.7 Å². The van der Waals surface area contributed by atoms with E-state index in [0.717, 1.165) is 19.3 Å². The van der Waals surface area contributed by atoms with Crippen LogP contribution in [0, 0.1) is 30.6 Å². The van der Waals surface area contributed by atoms with Crippen LogP contribution in [0.2, 0.25) is 5.02 Å². The van der Waals surface area contributed by atoms with E-state index in [2.05, 4.69) is 6.92 Å². The van der Waals surface area contributed by atoms with E-state index in [1.54, 1.807) is 49.4 Å². The molecule has 0 radical (unpaired) electrons. The number of hydrogen-bond acceptors (Lipinski definition) is 5. The number of imide groups is 1. The predicted octanol–water partition coefficient (Wildman–Crippen LogP) is 4.53. The minimum atomic E-state index is -0.620. The molecule has 4 atom stereocenters. The fourth-order valence-corrected chi connectivity index (χ4v) is 5.78. The zero-order valence-electron chi connectivity index (χ0n) is 19.7. The van der Waals surface area contributed by atoms with E-state index in [0.29, 0.717) is 33.6 Å². The van der Waals surface area contributed by atoms with E-state index >= 15 is 0 Å². The van der Waals surface area contributed by atoms with Gasteiger partial charge in [0, 0.05) is 13.0 Å². The summed E-state index contributed by atoms with van der Waals surface area (Å²) in [5.74, 6) is -1.32. The Kier molecular flexibility index (Phi) is 6.13. The highest BCUT2D eigenvalue weighted by Gasteiger charge is 2.50. The standard InChI is InChI=1S/C27H27ClN2O5/c1-15-7-9-19-20(11-15)26(33)30(25(19)32)22-10-8-18(12-16(22)2)35-27(34)17-13-24(31)29(14-17)23-6-4-3-5-21(23)28/h3-6,8,10,12,15,17,19-20H,7,9,11,13-14H2,1-2H3/t15-,17+,19+,20-/m0/s1. The third kappa shape index (κ3) is 4.22. The first kappa shape index (κ1) is 23.5. The van der Waals surface area contributed by atoms with Gasteiger partial charge in [-0.05, 0) is 68.0 Å². The minimum Gasteiger partial charge on any atom is -0.426 e. The molecule has 3 aliphatic rings. The molecule has 2 heterocycles. The molecular formula is C27H27ClN2O5. The first-order chi connectivity index (χ1) is 16.7. The molecule has 1 aliphatic carbocycles. The molecule has 2 aromatic carbocycles. The van der Waals surface area contributed by atoms with E-state index in [9.17, 15) is 19.2 Å². The van der Waals surface area contributed by atoms with Gasteiger partial charge in [0.2, 0.25) is 17.7 Å². The summed E-state index contributed by atoms with van der Waals surface area (Å²) in [5.41, 5.74) is 1.77. The molecule has 2 saturated heterocycles. The number of halogens is 1. The number of carbonyl (C=O) groups excluding carboxylic acids is 4. The van der Waals surface area contributed by atoms with Gasteiger partial charge in [0.05, 0.1) is 34.2 Å². The van der Waals surface area contributed by atoms with Crippen molar-refractivity contribution in [1.82, 2.24) is 0 Å². The lowest BCUT2D eigenvalue weighted by Crippen LogP contribution is -2.31. The van der Waals surface area contributed by atoms with Crippen molar-refractivity contribution in [1.29, 1.82) is 0 Å². The third-order valence-corrected chi connectivity index (χ3v) is 7.74. The molecule has 0 unspecified atom stereocenters. The highest BCUT2D eigenvalue weighted by molar-refractivity contribution is 6.34. The number of fused-ring (bicyclic) bond motifs is 1. The Hall–Kier alpha value is -3.19. The van der Waals surface area contributed by atoms with Crippen LogP contribution < -0.4 is 14.5 Å². The molecule has 0 N–H and O–H groups in total. The maximum atomic E-state index is 13.1. The van der Waals surface area contributed by atoms with Crippen LogP contribution in [0.5, 0.6) is 5.75 Å². The van der Waals surface area contributed by atoms with Crippen molar-refractivity contribution in [3.63, 3.8) is 0 Å². The normalized spacial score (nSPS) is 26.3. The van der Waals surface area contributed by atoms with Gasteiger partial charge in [0.15, 0.2) is 0 Å². The predicted molar refractivity (Wildman–Crippen MR) is 131 cm³/mol. The zero-order chi connectivity index (χ0) is 24.9. The molecule has 3 amide bonds. The second-order valence-electron chi connectivity index (χ2n) is 9.87. The quantitative estimate of drug-likeness (QED) is 0.354. The van der Waals surface area contributed by atoms with Gasteiger partial charge in [0.1, 0.15) is 5.75 Å². The first-order valence-corrected chi connectivity index (χ1v) is 12.4. The molecule has 35 heavy (non-hydrogen) atoms. The second-order valence-corrected chi connectivity index (χ2v) is 10.3. The Morgan fingerprint density at radius 3 is 2.49 bits per heavy atom. The molecule has 7 nitrogen and oxygen atoms in total. The van der Waals surface area contributed by atoms with Gasteiger partial charge < -0.3 is 9.64 Å². The maximum absolute atomic E-state index is 13.1. The Labute approximate surface area is 209 Å². The van der Waals surface area contributed by atoms with Crippen molar-refractivity contribution < 1.29 is 23.9 Å². The van der Waals surface area contributed by atoms with Crippen LogP contribution in [0.15, 0.2) is 42.5 Å². The van der Waals surface area contributed by atoms with Gasteiger partial charge in [0.25, 0.3) is 0 Å². The summed E-state index contributed by atoms with van der Waals surface area (Å²) in [7, 11) is 0. The van der Waals surface area contributed by atoms with E-state index in [1.165, 1.54) is 9.80 Å². The van der Waals surface area contributed by atoms with Crippen LogP contribution in [-0.2, 0) is 19.2 Å². The average Bonchev–Trinajstić information content (AvgIpc) is 3.32. The van der Waals surface area contributed by atoms with Crippen LogP contribution >= 0.6 is 11.6 Å². The summed E-state index contributed by atoms with van der Waals surface area (Å²) in [4.78, 5) is 54.2. The van der Waals surface area contributed by atoms with Crippen LogP contribution in [0.25, 0.3) is 0 Å². The number of nitrogens with zero attached hydrogens (tertiary/aromatic N) is 2. The molecule has 2 aromatic rings. The Balaban J connectivity index is 1.29. The summed E-state index contributed by atoms with van der Waals surface area (Å²) in [6.45, 7) is 4.10. The number of esters is 1. The molecule has 5 rings (SSSR count). The number of hydrogen-bond donors (Lipinski definition) is 0. The number of carbonyl (C=O) groups is 4. The molecular weight excluding hydrogens is 468 g/mol. The van der Waals surface area contributed by atoms with Crippen LogP contribution in [-0.4, -0.2) is 30.2 Å². The Morgan fingerprint density at radius 1 is 1.00 bits per heavy atom. The lowest BCUT2D eigenvalue weighted by molar-refractivity contribution is -0.139. The Morgan fingerprint density at radius 2 is 1.74 bits per heavy atom. The molecule has 0 spiro atoms. The molecule has 8 heteroatoms. The van der Waals surface area contributed by atoms with E-state index < -0.39 is 11.9 Å². The number of benzene rings is 2. The smallest absolute Gasteiger partial charge is 0.316 e. The van der Waals surface area contributed by atoms with Crippen molar-refractivity contribution in [2.75, 3.05) is 16.3 Å². The van der Waals surface area contributed by atoms with E-state index in [1.807, 2.05) is 0 Å². The number of para-hydroxylation sites is 1. The van der Waals surface area contributed by atoms with Crippen molar-refractivity contribution in [2.45, 2.75) is 39.5 Å². The lowest BCUT2D eigenvalue weighted by Gasteiger charge is -2.25. The Bertz CT molecular complexity index is 1230. The monoisotopic (exact) mass is 494 g/mol. The van der Waals surface area contributed by atoms with Gasteiger partial charge in [-0.3, -0.25) is 19.2 Å². The van der Waals surface area contributed by atoms with Gasteiger partial charge in [-0.25, -0.2) is 4.90 Å². The summed E-state index contributed by atoms with van der Waals surface area (Å²) < 4.78 is 5.58. The molecule has 182 valence electrons. The molecule has 2 aliphatic heterocycles. The fraction of sp³-hybridized carbons (Fsp3) is 0.407. The van der Waals surface area contributed by atoms with Gasteiger partial charge in [-0.2, -0.15) is 0 Å². The SMILES string of the molecule is Cc1cc(OC(=O)[C@@H]2CC(=O)N(c3ccccc3Cl)C2)ccc1N1C(=O)[C@H]2C[C@@H](C)CC[C@H]2C1=O. The summed E-state index contributed by atoms with van der Waals surface area (Å²) in [6.07, 6.45) is 2.48. The number of anilines is 2. The van der Waals surface area contributed by atoms with E-state index in [-0.39, 0.29) is 42.5 Å². The number of rotatable bonds is 4. The van der Waals surface area contributed by atoms with Gasteiger partial charge in [-0.1, -0.05) is 30.7 Å². The second kappa shape index (κ2) is 9.11. The van der Waals surface area contributed by atoms with E-state index in [4.69, 9.17) is 16.3 Å². The third-order valence-electron chi connectivity index (χ3n) is 7.42. The average molecular weight is 495 g/mol. The number of amides is 3. The van der Waals surface area contributed by atoms with Crippen LogP contribution in [0.1, 0.15) is 38.2 Å². The van der Waals surface area contributed by atoms with Crippen molar-refractivity contribution in [3.8, 4) is 5.75 Å². The maximum Gasteiger partial charge on any atom is 0.316 e. The van der Waals surface area contributed by atoms with Crippen molar-refractivity contribution >= 4 is 46.7 Å². The number of ether oxygens (including phenoxy) is 1. The minimum absolute atomic E-state index is 0.0408. The summed E-state index contributed by atoms with van der Waals surface area (Å²) >= 11 is 6.22. The highest BCUT2D eigenvalue weighted by atomic mass is 35.5. The largest absolute Gasteiger partial charge is 0.426 e. The fourth-order valence-electron chi connectivity index (χ4n) is 5.54. The van der Waals surface area contributed by atoms with Crippen molar-refractivity contribution in [3.05, 3.63) is 53.1 Å². The highest BCUT2D eigenvalue weighted by Crippen LogP contribution is 2.43. The molecule has 1 saturated carbocycles. The lowest BCUT2D eigenvalue weighted by atomic mass is 9.76. The molecule has 0 bridgehead atoms. The zero-order valence-corrected chi connectivity index (χ0v) is 20.5. The first-order valence-electron chi connectivity index (χ1n) is 12.0. The molecule has 3 fully saturated rings. The summed E-state index contributed by atoms with van der Waals surface area (Å²) in [5, 5.41) is 0.446. The van der Waals surface area contributed by atoms with Crippen LogP contribution in [0.4, 0.5) is 11.4 Å². The van der Waals surface area contributed by atoms with Gasteiger partial charge >= 0.3 is 5.97 Å². The topological polar surface area (TPSA) is 84.0 Å². The van der Waals surface area contributed by atoms with Crippen LogP contribution in [0.3, 0.4) is 0 Å². The molecule has 0 aromatic heterocycles.